The number of anilines is 1. The lowest BCUT2D eigenvalue weighted by atomic mass is 10.2. The third kappa shape index (κ3) is 3.15. The van der Waals surface area contributed by atoms with Gasteiger partial charge in [0, 0.05) is 12.6 Å². The number of pyridine rings is 1. The summed E-state index contributed by atoms with van der Waals surface area (Å²) in [6.07, 6.45) is 1.56. The van der Waals surface area contributed by atoms with E-state index in [0.717, 1.165) is 0 Å². The summed E-state index contributed by atoms with van der Waals surface area (Å²) >= 11 is 0. The van der Waals surface area contributed by atoms with E-state index in [1.165, 1.54) is 0 Å². The third-order valence-electron chi connectivity index (χ3n) is 2.45. The van der Waals surface area contributed by atoms with Crippen LogP contribution in [-0.2, 0) is 9.53 Å². The maximum absolute atomic E-state index is 11.8. The second kappa shape index (κ2) is 5.60. The summed E-state index contributed by atoms with van der Waals surface area (Å²) in [4.78, 5) is 15.8. The van der Waals surface area contributed by atoms with E-state index in [1.54, 1.807) is 25.4 Å². The topological polar surface area (TPSA) is 72.5 Å². The molecule has 1 aromatic rings. The minimum atomic E-state index is -0.300. The molecule has 1 aliphatic rings. The molecule has 1 unspecified atom stereocenters. The van der Waals surface area contributed by atoms with Crippen molar-refractivity contribution in [2.45, 2.75) is 6.04 Å². The van der Waals surface area contributed by atoms with Crippen molar-refractivity contribution in [2.75, 3.05) is 32.2 Å². The molecule has 1 atom stereocenters. The lowest BCUT2D eigenvalue weighted by Gasteiger charge is -2.22. The summed E-state index contributed by atoms with van der Waals surface area (Å²) in [5.41, 5.74) is 0.642. The Labute approximate surface area is 99.3 Å². The van der Waals surface area contributed by atoms with Crippen LogP contribution in [0.1, 0.15) is 0 Å². The fourth-order valence-corrected chi connectivity index (χ4v) is 1.54. The fraction of sp³-hybridized carbons (Fsp3) is 0.455. The summed E-state index contributed by atoms with van der Waals surface area (Å²) in [7, 11) is 1.55. The minimum Gasteiger partial charge on any atom is -0.481 e. The van der Waals surface area contributed by atoms with Gasteiger partial charge in [-0.2, -0.15) is 0 Å². The molecule has 2 heterocycles. The molecule has 17 heavy (non-hydrogen) atoms. The average Bonchev–Trinajstić information content (AvgIpc) is 2.40. The number of nitrogens with zero attached hydrogens (tertiary/aromatic N) is 1. The number of carbonyl (C=O) groups is 1. The number of nitrogens with one attached hydrogen (secondary N) is 2. The molecule has 6 heteroatoms. The summed E-state index contributed by atoms with van der Waals surface area (Å²) < 4.78 is 10.2. The first-order valence-electron chi connectivity index (χ1n) is 5.41. The molecule has 0 aliphatic carbocycles. The Kier molecular flexibility index (Phi) is 3.89. The highest BCUT2D eigenvalue weighted by atomic mass is 16.5. The predicted molar refractivity (Wildman–Crippen MR) is 62.0 cm³/mol. The van der Waals surface area contributed by atoms with Crippen LogP contribution in [0.3, 0.4) is 0 Å². The van der Waals surface area contributed by atoms with Crippen molar-refractivity contribution in [2.24, 2.45) is 0 Å². The van der Waals surface area contributed by atoms with E-state index >= 15 is 0 Å². The van der Waals surface area contributed by atoms with Crippen molar-refractivity contribution in [3.63, 3.8) is 0 Å². The normalized spacial score (nSPS) is 19.7. The summed E-state index contributed by atoms with van der Waals surface area (Å²) in [5, 5.41) is 5.84. The standard InChI is InChI=1S/C11H15N3O3/c1-16-10-3-2-8(6-13-10)14-11(15)9-7-17-5-4-12-9/h2-3,6,9,12H,4-5,7H2,1H3,(H,14,15). The van der Waals surface area contributed by atoms with Crippen LogP contribution in [0.15, 0.2) is 18.3 Å². The first-order valence-corrected chi connectivity index (χ1v) is 5.41. The summed E-state index contributed by atoms with van der Waals surface area (Å²) in [6, 6.07) is 3.14. The molecule has 0 saturated carbocycles. The molecule has 0 spiro atoms. The van der Waals surface area contributed by atoms with Crippen LogP contribution in [-0.4, -0.2) is 43.8 Å². The van der Waals surface area contributed by atoms with Gasteiger partial charge in [0.1, 0.15) is 6.04 Å². The molecule has 1 fully saturated rings. The van der Waals surface area contributed by atoms with Crippen LogP contribution < -0.4 is 15.4 Å². The van der Waals surface area contributed by atoms with Crippen LogP contribution >= 0.6 is 0 Å². The lowest BCUT2D eigenvalue weighted by Crippen LogP contribution is -2.48. The highest BCUT2D eigenvalue weighted by molar-refractivity contribution is 5.94. The molecule has 1 aliphatic heterocycles. The molecule has 0 aromatic carbocycles. The molecular formula is C11H15N3O3. The number of amides is 1. The lowest BCUT2D eigenvalue weighted by molar-refractivity contribution is -0.120. The van der Waals surface area contributed by atoms with E-state index in [4.69, 9.17) is 9.47 Å². The van der Waals surface area contributed by atoms with Crippen LogP contribution in [0.5, 0.6) is 5.88 Å². The van der Waals surface area contributed by atoms with Gasteiger partial charge in [-0.1, -0.05) is 0 Å². The smallest absolute Gasteiger partial charge is 0.243 e. The molecule has 0 radical (unpaired) electrons. The Morgan fingerprint density at radius 3 is 3.12 bits per heavy atom. The first-order chi connectivity index (χ1) is 8.29. The van der Waals surface area contributed by atoms with Crippen molar-refractivity contribution in [1.29, 1.82) is 0 Å². The zero-order chi connectivity index (χ0) is 12.1. The summed E-state index contributed by atoms with van der Waals surface area (Å²) in [5.74, 6) is 0.402. The molecule has 2 rings (SSSR count). The van der Waals surface area contributed by atoms with Gasteiger partial charge in [-0.05, 0) is 6.07 Å². The third-order valence-corrected chi connectivity index (χ3v) is 2.45. The Balaban J connectivity index is 1.92. The zero-order valence-corrected chi connectivity index (χ0v) is 9.60. The number of hydrogen-bond acceptors (Lipinski definition) is 5. The maximum atomic E-state index is 11.8. The maximum Gasteiger partial charge on any atom is 0.243 e. The van der Waals surface area contributed by atoms with E-state index in [2.05, 4.69) is 15.6 Å². The van der Waals surface area contributed by atoms with Gasteiger partial charge < -0.3 is 20.1 Å². The average molecular weight is 237 g/mol. The van der Waals surface area contributed by atoms with E-state index in [-0.39, 0.29) is 11.9 Å². The Bertz CT molecular complexity index is 374. The fourth-order valence-electron chi connectivity index (χ4n) is 1.54. The van der Waals surface area contributed by atoms with Gasteiger partial charge in [0.25, 0.3) is 0 Å². The Morgan fingerprint density at radius 1 is 1.65 bits per heavy atom. The number of ether oxygens (including phenoxy) is 2. The van der Waals surface area contributed by atoms with Gasteiger partial charge in [0.2, 0.25) is 11.8 Å². The van der Waals surface area contributed by atoms with Crippen molar-refractivity contribution in [3.05, 3.63) is 18.3 Å². The van der Waals surface area contributed by atoms with Gasteiger partial charge in [-0.25, -0.2) is 4.98 Å². The number of morpholine rings is 1. The van der Waals surface area contributed by atoms with Gasteiger partial charge in [-0.15, -0.1) is 0 Å². The molecule has 1 amide bonds. The van der Waals surface area contributed by atoms with Crippen LogP contribution in [0.4, 0.5) is 5.69 Å². The molecule has 2 N–H and O–H groups in total. The molecule has 1 aromatic heterocycles. The number of methoxy groups -OCH3 is 1. The number of rotatable bonds is 3. The second-order valence-electron chi connectivity index (χ2n) is 3.66. The molecule has 1 saturated heterocycles. The largest absolute Gasteiger partial charge is 0.481 e. The van der Waals surface area contributed by atoms with Crippen LogP contribution in [0, 0.1) is 0 Å². The van der Waals surface area contributed by atoms with Gasteiger partial charge in [0.15, 0.2) is 0 Å². The Morgan fingerprint density at radius 2 is 2.53 bits per heavy atom. The quantitative estimate of drug-likeness (QED) is 0.775. The SMILES string of the molecule is COc1ccc(NC(=O)C2COCCN2)cn1. The number of aromatic nitrogens is 1. The van der Waals surface area contributed by atoms with Crippen LogP contribution in [0.2, 0.25) is 0 Å². The highest BCUT2D eigenvalue weighted by Crippen LogP contribution is 2.11. The number of hydrogen-bond donors (Lipinski definition) is 2. The molecule has 92 valence electrons. The minimum absolute atomic E-state index is 0.114. The van der Waals surface area contributed by atoms with E-state index in [9.17, 15) is 4.79 Å². The molecular weight excluding hydrogens is 222 g/mol. The molecule has 6 nitrogen and oxygen atoms in total. The molecule has 0 bridgehead atoms. The van der Waals surface area contributed by atoms with E-state index < -0.39 is 0 Å². The first kappa shape index (κ1) is 11.8. The van der Waals surface area contributed by atoms with E-state index in [1.807, 2.05) is 0 Å². The van der Waals surface area contributed by atoms with Crippen molar-refractivity contribution >= 4 is 11.6 Å². The zero-order valence-electron chi connectivity index (χ0n) is 9.60. The second-order valence-corrected chi connectivity index (χ2v) is 3.66. The van der Waals surface area contributed by atoms with Gasteiger partial charge in [0.05, 0.1) is 32.2 Å². The van der Waals surface area contributed by atoms with Crippen molar-refractivity contribution in [1.82, 2.24) is 10.3 Å². The highest BCUT2D eigenvalue weighted by Gasteiger charge is 2.21. The van der Waals surface area contributed by atoms with Crippen molar-refractivity contribution in [3.8, 4) is 5.88 Å². The van der Waals surface area contributed by atoms with Crippen LogP contribution in [0.25, 0.3) is 0 Å². The van der Waals surface area contributed by atoms with Crippen molar-refractivity contribution < 1.29 is 14.3 Å². The Hall–Kier alpha value is -1.66. The monoisotopic (exact) mass is 237 g/mol. The summed E-state index contributed by atoms with van der Waals surface area (Å²) in [6.45, 7) is 1.74. The predicted octanol–water partition coefficient (Wildman–Crippen LogP) is 0.0171. The van der Waals surface area contributed by atoms with E-state index in [0.29, 0.717) is 31.3 Å². The van der Waals surface area contributed by atoms with Gasteiger partial charge in [-0.3, -0.25) is 4.79 Å². The van der Waals surface area contributed by atoms with Gasteiger partial charge >= 0.3 is 0 Å². The number of carbonyl (C=O) groups excluding carboxylic acids is 1.